The van der Waals surface area contributed by atoms with Gasteiger partial charge < -0.3 is 10.6 Å². The third-order valence-corrected chi connectivity index (χ3v) is 6.72. The second-order valence-corrected chi connectivity index (χ2v) is 9.55. The van der Waals surface area contributed by atoms with Crippen molar-refractivity contribution in [1.29, 1.82) is 0 Å². The summed E-state index contributed by atoms with van der Waals surface area (Å²) in [6.07, 6.45) is -2.75. The van der Waals surface area contributed by atoms with Crippen LogP contribution in [0.25, 0.3) is 16.9 Å². The number of amides is 1. The van der Waals surface area contributed by atoms with Gasteiger partial charge in [-0.3, -0.25) is 9.20 Å². The molecule has 39 heavy (non-hydrogen) atoms. The van der Waals surface area contributed by atoms with E-state index in [0.29, 0.717) is 29.0 Å². The van der Waals surface area contributed by atoms with Crippen molar-refractivity contribution in [2.24, 2.45) is 0 Å². The zero-order valence-electron chi connectivity index (χ0n) is 20.5. The zero-order valence-corrected chi connectivity index (χ0v) is 20.5. The number of nitrogens with zero attached hydrogens (tertiary/aromatic N) is 2. The van der Waals surface area contributed by atoms with E-state index in [9.17, 15) is 31.1 Å². The summed E-state index contributed by atoms with van der Waals surface area (Å²) in [7, 11) is 0. The van der Waals surface area contributed by atoms with Gasteiger partial charge in [-0.25, -0.2) is 4.98 Å². The van der Waals surface area contributed by atoms with Crippen LogP contribution in [0.5, 0.6) is 0 Å². The van der Waals surface area contributed by atoms with E-state index in [1.54, 1.807) is 18.2 Å². The van der Waals surface area contributed by atoms with Gasteiger partial charge in [0.15, 0.2) is 0 Å². The first kappa shape index (κ1) is 26.6. The quantitative estimate of drug-likeness (QED) is 0.249. The van der Waals surface area contributed by atoms with Crippen LogP contribution in [0.1, 0.15) is 53.6 Å². The highest BCUT2D eigenvalue weighted by molar-refractivity contribution is 6.05. The van der Waals surface area contributed by atoms with Crippen molar-refractivity contribution < 1.29 is 31.1 Å². The van der Waals surface area contributed by atoms with Crippen molar-refractivity contribution in [3.63, 3.8) is 0 Å². The van der Waals surface area contributed by atoms with Crippen LogP contribution >= 0.6 is 0 Å². The number of hydrogen-bond donors (Lipinski definition) is 2. The Kier molecular flexibility index (Phi) is 7.00. The summed E-state index contributed by atoms with van der Waals surface area (Å²) in [5.41, 5.74) is -1.74. The van der Waals surface area contributed by atoms with Crippen LogP contribution < -0.4 is 10.6 Å². The molecule has 0 radical (unpaired) electrons. The Bertz CT molecular complexity index is 1470. The number of nitrogens with one attached hydrogen (secondary N) is 2. The molecule has 1 fully saturated rings. The predicted octanol–water partition coefficient (Wildman–Crippen LogP) is 8.04. The number of halogens is 6. The SMILES string of the molecule is O=C(Nc1cccc(-c2nc3ccccn3c2NC2CCCCC2)c1)c1cc(C(F)(F)F)cc(C(F)(F)F)c1. The van der Waals surface area contributed by atoms with Gasteiger partial charge >= 0.3 is 12.4 Å². The van der Waals surface area contributed by atoms with Gasteiger partial charge in [0.25, 0.3) is 5.91 Å². The lowest BCUT2D eigenvalue weighted by molar-refractivity contribution is -0.143. The Hall–Kier alpha value is -4.02. The lowest BCUT2D eigenvalue weighted by Gasteiger charge is -2.24. The summed E-state index contributed by atoms with van der Waals surface area (Å²) in [5, 5.41) is 6.03. The molecule has 0 unspecified atom stereocenters. The first-order valence-corrected chi connectivity index (χ1v) is 12.4. The monoisotopic (exact) mass is 546 g/mol. The molecule has 0 saturated heterocycles. The van der Waals surface area contributed by atoms with Gasteiger partial charge in [-0.2, -0.15) is 26.3 Å². The number of pyridine rings is 1. The number of anilines is 2. The Morgan fingerprint density at radius 2 is 1.54 bits per heavy atom. The molecule has 0 bridgehead atoms. The van der Waals surface area contributed by atoms with Gasteiger partial charge in [0.2, 0.25) is 0 Å². The van der Waals surface area contributed by atoms with E-state index in [2.05, 4.69) is 10.6 Å². The van der Waals surface area contributed by atoms with Crippen LogP contribution in [0.15, 0.2) is 66.9 Å². The van der Waals surface area contributed by atoms with E-state index >= 15 is 0 Å². The van der Waals surface area contributed by atoms with Crippen LogP contribution in [0.2, 0.25) is 0 Å². The normalized spacial score (nSPS) is 14.9. The molecule has 1 amide bonds. The molecule has 2 heterocycles. The molecule has 204 valence electrons. The number of carbonyl (C=O) groups is 1. The average molecular weight is 547 g/mol. The second-order valence-electron chi connectivity index (χ2n) is 9.55. The highest BCUT2D eigenvalue weighted by atomic mass is 19.4. The number of fused-ring (bicyclic) bond motifs is 1. The van der Waals surface area contributed by atoms with Crippen molar-refractivity contribution in [1.82, 2.24) is 9.38 Å². The molecule has 0 atom stereocenters. The van der Waals surface area contributed by atoms with Crippen LogP contribution in [-0.2, 0) is 12.4 Å². The van der Waals surface area contributed by atoms with Crippen LogP contribution in [0.3, 0.4) is 0 Å². The van der Waals surface area contributed by atoms with E-state index in [4.69, 9.17) is 4.98 Å². The standard InChI is InChI=1S/C28H24F6N4O/c29-27(30,31)19-13-18(14-20(16-19)28(32,33)34)26(39)36-22-10-6-7-17(15-22)24-25(35-21-8-2-1-3-9-21)38-12-5-4-11-23(38)37-24/h4-7,10-16,21,35H,1-3,8-9H2,(H,36,39). The maximum atomic E-state index is 13.2. The summed E-state index contributed by atoms with van der Waals surface area (Å²) in [5.74, 6) is -0.326. The van der Waals surface area contributed by atoms with E-state index < -0.39 is 35.0 Å². The molecule has 5 rings (SSSR count). The molecular weight excluding hydrogens is 522 g/mol. The van der Waals surface area contributed by atoms with Gasteiger partial charge in [-0.1, -0.05) is 37.5 Å². The van der Waals surface area contributed by atoms with Gasteiger partial charge in [-0.15, -0.1) is 0 Å². The fraction of sp³-hybridized carbons (Fsp3) is 0.286. The van der Waals surface area contributed by atoms with Crippen molar-refractivity contribution in [2.45, 2.75) is 50.5 Å². The Labute approximate surface area is 219 Å². The summed E-state index contributed by atoms with van der Waals surface area (Å²) < 4.78 is 81.4. The minimum atomic E-state index is -5.05. The summed E-state index contributed by atoms with van der Waals surface area (Å²) in [4.78, 5) is 17.6. The molecule has 4 aromatic rings. The maximum Gasteiger partial charge on any atom is 0.416 e. The third kappa shape index (κ3) is 5.86. The largest absolute Gasteiger partial charge is 0.416 e. The molecule has 0 aliphatic heterocycles. The van der Waals surface area contributed by atoms with E-state index in [-0.39, 0.29) is 17.8 Å². The summed E-state index contributed by atoms with van der Waals surface area (Å²) >= 11 is 0. The number of aromatic nitrogens is 2. The first-order valence-electron chi connectivity index (χ1n) is 12.4. The van der Waals surface area contributed by atoms with Crippen LogP contribution in [0.4, 0.5) is 37.8 Å². The molecule has 11 heteroatoms. The minimum Gasteiger partial charge on any atom is -0.367 e. The lowest BCUT2D eigenvalue weighted by Crippen LogP contribution is -2.23. The highest BCUT2D eigenvalue weighted by Crippen LogP contribution is 2.37. The lowest BCUT2D eigenvalue weighted by atomic mass is 9.95. The number of benzene rings is 2. The Balaban J connectivity index is 1.47. The van der Waals surface area contributed by atoms with Crippen molar-refractivity contribution in [2.75, 3.05) is 10.6 Å². The fourth-order valence-electron chi connectivity index (χ4n) is 4.81. The first-order chi connectivity index (χ1) is 18.5. The number of hydrogen-bond acceptors (Lipinski definition) is 3. The van der Waals surface area contributed by atoms with Crippen molar-refractivity contribution >= 4 is 23.1 Å². The van der Waals surface area contributed by atoms with Crippen molar-refractivity contribution in [3.05, 3.63) is 83.6 Å². The third-order valence-electron chi connectivity index (χ3n) is 6.72. The molecular formula is C28H24F6N4O. The van der Waals surface area contributed by atoms with E-state index in [1.807, 2.05) is 28.8 Å². The number of alkyl halides is 6. The summed E-state index contributed by atoms with van der Waals surface area (Å²) in [6, 6.07) is 13.2. The predicted molar refractivity (Wildman–Crippen MR) is 136 cm³/mol. The van der Waals surface area contributed by atoms with Crippen LogP contribution in [-0.4, -0.2) is 21.3 Å². The topological polar surface area (TPSA) is 58.4 Å². The van der Waals surface area contributed by atoms with Gasteiger partial charge in [-0.05, 0) is 55.3 Å². The smallest absolute Gasteiger partial charge is 0.367 e. The molecule has 1 aliphatic carbocycles. The molecule has 2 aromatic heterocycles. The van der Waals surface area contributed by atoms with Crippen molar-refractivity contribution in [3.8, 4) is 11.3 Å². The van der Waals surface area contributed by atoms with E-state index in [0.717, 1.165) is 31.5 Å². The molecule has 2 aromatic carbocycles. The molecule has 0 spiro atoms. The molecule has 2 N–H and O–H groups in total. The second kappa shape index (κ2) is 10.3. The Morgan fingerprint density at radius 1 is 0.846 bits per heavy atom. The number of rotatable bonds is 5. The maximum absolute atomic E-state index is 13.2. The number of carbonyl (C=O) groups excluding carboxylic acids is 1. The summed E-state index contributed by atoms with van der Waals surface area (Å²) in [6.45, 7) is 0. The van der Waals surface area contributed by atoms with Gasteiger partial charge in [0, 0.05) is 29.1 Å². The van der Waals surface area contributed by atoms with E-state index in [1.165, 1.54) is 12.5 Å². The number of imidazole rings is 1. The highest BCUT2D eigenvalue weighted by Gasteiger charge is 2.37. The molecule has 1 saturated carbocycles. The van der Waals surface area contributed by atoms with Gasteiger partial charge in [0.1, 0.15) is 17.2 Å². The fourth-order valence-corrected chi connectivity index (χ4v) is 4.81. The van der Waals surface area contributed by atoms with Gasteiger partial charge in [0.05, 0.1) is 11.1 Å². The van der Waals surface area contributed by atoms with Crippen LogP contribution in [0, 0.1) is 0 Å². The molecule has 1 aliphatic rings. The average Bonchev–Trinajstić information content (AvgIpc) is 3.26. The zero-order chi connectivity index (χ0) is 27.8. The molecule has 5 nitrogen and oxygen atoms in total. The Morgan fingerprint density at radius 3 is 2.21 bits per heavy atom. The minimum absolute atomic E-state index is 0.0122.